The number of benzene rings is 1. The Morgan fingerprint density at radius 1 is 1.17 bits per heavy atom. The number of aromatic nitrogens is 2. The lowest BCUT2D eigenvalue weighted by molar-refractivity contribution is 0.283. The standard InChI is InChI=1S/C13H16BrN3O/c14-10-4-5-12-11(8-10)13(17-9-16-12)15-6-2-1-3-7-18/h4-5,8-9,18H,1-3,6-7H2,(H,15,16,17). The number of hydrogen-bond donors (Lipinski definition) is 2. The average molecular weight is 310 g/mol. The number of anilines is 1. The number of halogens is 1. The number of hydrogen-bond acceptors (Lipinski definition) is 4. The maximum absolute atomic E-state index is 8.71. The number of unbranched alkanes of at least 4 members (excludes halogenated alkanes) is 2. The SMILES string of the molecule is OCCCCCNc1ncnc2ccc(Br)cc12. The van der Waals surface area contributed by atoms with E-state index in [1.54, 1.807) is 6.33 Å². The van der Waals surface area contributed by atoms with Gasteiger partial charge in [-0.3, -0.25) is 0 Å². The van der Waals surface area contributed by atoms with Gasteiger partial charge in [-0.15, -0.1) is 0 Å². The van der Waals surface area contributed by atoms with Gasteiger partial charge in [0.2, 0.25) is 0 Å². The third-order valence-electron chi connectivity index (χ3n) is 2.72. The Bertz CT molecular complexity index is 519. The number of aliphatic hydroxyl groups excluding tert-OH is 1. The van der Waals surface area contributed by atoms with Gasteiger partial charge in [0.15, 0.2) is 0 Å². The number of fused-ring (bicyclic) bond motifs is 1. The van der Waals surface area contributed by atoms with Crippen LogP contribution in [0.15, 0.2) is 29.0 Å². The van der Waals surface area contributed by atoms with Gasteiger partial charge in [-0.2, -0.15) is 0 Å². The highest BCUT2D eigenvalue weighted by atomic mass is 79.9. The molecule has 18 heavy (non-hydrogen) atoms. The van der Waals surface area contributed by atoms with Crippen molar-refractivity contribution < 1.29 is 5.11 Å². The van der Waals surface area contributed by atoms with Crippen LogP contribution in [0.5, 0.6) is 0 Å². The van der Waals surface area contributed by atoms with E-state index in [-0.39, 0.29) is 6.61 Å². The lowest BCUT2D eigenvalue weighted by Gasteiger charge is -2.08. The number of nitrogens with zero attached hydrogens (tertiary/aromatic N) is 2. The summed E-state index contributed by atoms with van der Waals surface area (Å²) in [6, 6.07) is 5.96. The molecule has 0 atom stereocenters. The minimum atomic E-state index is 0.267. The van der Waals surface area contributed by atoms with Crippen LogP contribution in [0, 0.1) is 0 Å². The molecule has 0 saturated heterocycles. The third-order valence-corrected chi connectivity index (χ3v) is 3.22. The highest BCUT2D eigenvalue weighted by Crippen LogP contribution is 2.23. The predicted octanol–water partition coefficient (Wildman–Crippen LogP) is 2.97. The summed E-state index contributed by atoms with van der Waals surface area (Å²) >= 11 is 3.46. The van der Waals surface area contributed by atoms with Gasteiger partial charge in [-0.25, -0.2) is 9.97 Å². The Hall–Kier alpha value is -1.20. The van der Waals surface area contributed by atoms with Gasteiger partial charge in [0.25, 0.3) is 0 Å². The van der Waals surface area contributed by atoms with Crippen molar-refractivity contribution in [3.63, 3.8) is 0 Å². The molecule has 96 valence electrons. The van der Waals surface area contributed by atoms with Crippen LogP contribution in [-0.2, 0) is 0 Å². The first-order valence-electron chi connectivity index (χ1n) is 6.06. The van der Waals surface area contributed by atoms with Gasteiger partial charge in [-0.05, 0) is 37.5 Å². The number of rotatable bonds is 6. The van der Waals surface area contributed by atoms with E-state index in [2.05, 4.69) is 31.2 Å². The second-order valence-corrected chi connectivity index (χ2v) is 5.01. The van der Waals surface area contributed by atoms with E-state index in [9.17, 15) is 0 Å². The molecule has 0 bridgehead atoms. The van der Waals surface area contributed by atoms with Crippen molar-refractivity contribution >= 4 is 32.7 Å². The van der Waals surface area contributed by atoms with Crippen molar-refractivity contribution in [1.29, 1.82) is 0 Å². The maximum Gasteiger partial charge on any atom is 0.137 e. The topological polar surface area (TPSA) is 58.0 Å². The van der Waals surface area contributed by atoms with Crippen molar-refractivity contribution in [1.82, 2.24) is 9.97 Å². The second-order valence-electron chi connectivity index (χ2n) is 4.09. The van der Waals surface area contributed by atoms with Gasteiger partial charge in [0, 0.05) is 23.0 Å². The van der Waals surface area contributed by atoms with Crippen LogP contribution < -0.4 is 5.32 Å². The zero-order chi connectivity index (χ0) is 12.8. The van der Waals surface area contributed by atoms with Crippen LogP contribution >= 0.6 is 15.9 Å². The first kappa shape index (κ1) is 13.2. The van der Waals surface area contributed by atoms with Crippen LogP contribution in [-0.4, -0.2) is 28.2 Å². The molecule has 1 heterocycles. The molecule has 4 nitrogen and oxygen atoms in total. The van der Waals surface area contributed by atoms with E-state index in [1.165, 1.54) is 0 Å². The smallest absolute Gasteiger partial charge is 0.137 e. The van der Waals surface area contributed by atoms with Gasteiger partial charge in [0.1, 0.15) is 12.1 Å². The lowest BCUT2D eigenvalue weighted by Crippen LogP contribution is -2.04. The molecule has 0 unspecified atom stereocenters. The first-order valence-corrected chi connectivity index (χ1v) is 6.85. The molecule has 0 saturated carbocycles. The number of nitrogens with one attached hydrogen (secondary N) is 1. The largest absolute Gasteiger partial charge is 0.396 e. The van der Waals surface area contributed by atoms with Crippen molar-refractivity contribution in [2.75, 3.05) is 18.5 Å². The predicted molar refractivity (Wildman–Crippen MR) is 76.7 cm³/mol. The van der Waals surface area contributed by atoms with E-state index < -0.39 is 0 Å². The van der Waals surface area contributed by atoms with Crippen molar-refractivity contribution in [3.8, 4) is 0 Å². The zero-order valence-electron chi connectivity index (χ0n) is 10.1. The molecular weight excluding hydrogens is 294 g/mol. The molecule has 0 radical (unpaired) electrons. The normalized spacial score (nSPS) is 10.8. The maximum atomic E-state index is 8.71. The van der Waals surface area contributed by atoms with E-state index in [0.29, 0.717) is 0 Å². The fourth-order valence-electron chi connectivity index (χ4n) is 1.79. The Balaban J connectivity index is 2.05. The van der Waals surface area contributed by atoms with Crippen LogP contribution in [0.3, 0.4) is 0 Å². The van der Waals surface area contributed by atoms with Crippen LogP contribution in [0.4, 0.5) is 5.82 Å². The fraction of sp³-hybridized carbons (Fsp3) is 0.385. The van der Waals surface area contributed by atoms with Crippen molar-refractivity contribution in [3.05, 3.63) is 29.0 Å². The zero-order valence-corrected chi connectivity index (χ0v) is 11.7. The summed E-state index contributed by atoms with van der Waals surface area (Å²) in [5.41, 5.74) is 0.936. The fourth-order valence-corrected chi connectivity index (χ4v) is 2.15. The molecule has 0 spiro atoms. The highest BCUT2D eigenvalue weighted by Gasteiger charge is 2.03. The molecule has 0 fully saturated rings. The minimum absolute atomic E-state index is 0.267. The monoisotopic (exact) mass is 309 g/mol. The molecule has 5 heteroatoms. The number of aliphatic hydroxyl groups is 1. The van der Waals surface area contributed by atoms with Crippen LogP contribution in [0.25, 0.3) is 10.9 Å². The summed E-state index contributed by atoms with van der Waals surface area (Å²) in [6.07, 6.45) is 4.49. The molecule has 0 amide bonds. The molecule has 2 N–H and O–H groups in total. The highest BCUT2D eigenvalue weighted by molar-refractivity contribution is 9.10. The van der Waals surface area contributed by atoms with Gasteiger partial charge in [0.05, 0.1) is 5.52 Å². The summed E-state index contributed by atoms with van der Waals surface area (Å²) in [4.78, 5) is 8.51. The second kappa shape index (κ2) is 6.66. The summed E-state index contributed by atoms with van der Waals surface area (Å²) in [5.74, 6) is 0.866. The van der Waals surface area contributed by atoms with Crippen LogP contribution in [0.2, 0.25) is 0 Å². The first-order chi connectivity index (χ1) is 8.81. The average Bonchev–Trinajstić information content (AvgIpc) is 2.39. The Morgan fingerprint density at radius 2 is 2.06 bits per heavy atom. The summed E-state index contributed by atoms with van der Waals surface area (Å²) in [7, 11) is 0. The lowest BCUT2D eigenvalue weighted by atomic mass is 10.2. The van der Waals surface area contributed by atoms with E-state index in [1.807, 2.05) is 18.2 Å². The molecule has 0 aliphatic carbocycles. The molecule has 1 aromatic carbocycles. The van der Waals surface area contributed by atoms with E-state index in [4.69, 9.17) is 5.11 Å². The quantitative estimate of drug-likeness (QED) is 0.805. The molecule has 0 aliphatic heterocycles. The molecule has 0 aliphatic rings. The summed E-state index contributed by atoms with van der Waals surface area (Å²) < 4.78 is 1.02. The van der Waals surface area contributed by atoms with Gasteiger partial charge in [-0.1, -0.05) is 15.9 Å². The van der Waals surface area contributed by atoms with E-state index >= 15 is 0 Å². The Morgan fingerprint density at radius 3 is 2.89 bits per heavy atom. The third kappa shape index (κ3) is 3.40. The van der Waals surface area contributed by atoms with Crippen molar-refractivity contribution in [2.45, 2.75) is 19.3 Å². The minimum Gasteiger partial charge on any atom is -0.396 e. The van der Waals surface area contributed by atoms with Crippen molar-refractivity contribution in [2.24, 2.45) is 0 Å². The Kier molecular flexibility index (Phi) is 4.90. The Labute approximate surface area is 115 Å². The molecule has 2 aromatic rings. The molecule has 1 aromatic heterocycles. The summed E-state index contributed by atoms with van der Waals surface area (Å²) in [6.45, 7) is 1.13. The molecule has 2 rings (SSSR count). The molecular formula is C13H16BrN3O. The van der Waals surface area contributed by atoms with Gasteiger partial charge < -0.3 is 10.4 Å². The van der Waals surface area contributed by atoms with Crippen LogP contribution in [0.1, 0.15) is 19.3 Å². The summed E-state index contributed by atoms with van der Waals surface area (Å²) in [5, 5.41) is 13.1. The van der Waals surface area contributed by atoms with Gasteiger partial charge >= 0.3 is 0 Å². The van der Waals surface area contributed by atoms with E-state index in [0.717, 1.165) is 47.0 Å².